The topological polar surface area (TPSA) is 34.4 Å². The molecule has 1 rings (SSSR count). The van der Waals surface area contributed by atoms with Gasteiger partial charge in [0.15, 0.2) is 0 Å². The van der Waals surface area contributed by atoms with Gasteiger partial charge in [-0.25, -0.2) is 0 Å². The number of nitrogens with one attached hydrogen (secondary N) is 1. The third-order valence-electron chi connectivity index (χ3n) is 2.20. The molecule has 3 heteroatoms. The average molecular weight is 197 g/mol. The average Bonchev–Trinajstić information content (AvgIpc) is 2.70. The summed E-state index contributed by atoms with van der Waals surface area (Å²) in [4.78, 5) is 0. The molecule has 1 aromatic rings. The van der Waals surface area contributed by atoms with Crippen molar-refractivity contribution >= 4 is 0 Å². The highest BCUT2D eigenvalue weighted by atomic mass is 16.5. The normalized spacial score (nSPS) is 13.0. The van der Waals surface area contributed by atoms with E-state index in [9.17, 15) is 0 Å². The Hall–Kier alpha value is -0.800. The van der Waals surface area contributed by atoms with Crippen LogP contribution in [0.1, 0.15) is 31.6 Å². The summed E-state index contributed by atoms with van der Waals surface area (Å²) in [6.07, 6.45) is 3.95. The van der Waals surface area contributed by atoms with Crippen LogP contribution in [-0.2, 0) is 4.74 Å². The molecule has 0 aromatic carbocycles. The van der Waals surface area contributed by atoms with Crippen molar-refractivity contribution in [3.05, 3.63) is 24.2 Å². The Balaban J connectivity index is 2.07. The quantitative estimate of drug-likeness (QED) is 0.681. The van der Waals surface area contributed by atoms with Gasteiger partial charge in [-0.15, -0.1) is 0 Å². The lowest BCUT2D eigenvalue weighted by molar-refractivity contribution is 0.192. The smallest absolute Gasteiger partial charge is 0.120 e. The Labute approximate surface area is 85.4 Å². The van der Waals surface area contributed by atoms with Crippen molar-refractivity contribution in [2.45, 2.75) is 25.8 Å². The number of hydrogen-bond donors (Lipinski definition) is 1. The largest absolute Gasteiger partial charge is 0.468 e. The molecular weight excluding hydrogens is 178 g/mol. The van der Waals surface area contributed by atoms with Crippen LogP contribution in [0, 0.1) is 0 Å². The first-order valence-corrected chi connectivity index (χ1v) is 5.10. The predicted octanol–water partition coefficient (Wildman–Crippen LogP) is 2.36. The van der Waals surface area contributed by atoms with Gasteiger partial charge in [-0.1, -0.05) is 0 Å². The van der Waals surface area contributed by atoms with Crippen LogP contribution < -0.4 is 5.32 Å². The van der Waals surface area contributed by atoms with E-state index < -0.39 is 0 Å². The van der Waals surface area contributed by atoms with Crippen LogP contribution in [0.4, 0.5) is 0 Å². The Morgan fingerprint density at radius 3 is 3.00 bits per heavy atom. The maximum atomic E-state index is 5.29. The second kappa shape index (κ2) is 6.62. The molecule has 1 aromatic heterocycles. The summed E-state index contributed by atoms with van der Waals surface area (Å²) in [5.41, 5.74) is 0. The fourth-order valence-electron chi connectivity index (χ4n) is 1.33. The summed E-state index contributed by atoms with van der Waals surface area (Å²) in [5, 5.41) is 3.39. The number of ether oxygens (including phenoxy) is 1. The minimum atomic E-state index is 0.299. The summed E-state index contributed by atoms with van der Waals surface area (Å²) in [6.45, 7) is 3.96. The highest BCUT2D eigenvalue weighted by Crippen LogP contribution is 2.11. The first-order chi connectivity index (χ1) is 6.84. The van der Waals surface area contributed by atoms with Crippen molar-refractivity contribution in [3.63, 3.8) is 0 Å². The molecule has 1 atom stereocenters. The lowest BCUT2D eigenvalue weighted by Gasteiger charge is -2.10. The van der Waals surface area contributed by atoms with E-state index in [4.69, 9.17) is 9.15 Å². The maximum Gasteiger partial charge on any atom is 0.120 e. The molecule has 0 bridgehead atoms. The van der Waals surface area contributed by atoms with Crippen molar-refractivity contribution in [1.29, 1.82) is 0 Å². The monoisotopic (exact) mass is 197 g/mol. The van der Waals surface area contributed by atoms with Crippen molar-refractivity contribution < 1.29 is 9.15 Å². The van der Waals surface area contributed by atoms with Gasteiger partial charge in [-0.3, -0.25) is 0 Å². The van der Waals surface area contributed by atoms with E-state index in [0.717, 1.165) is 31.8 Å². The number of unbranched alkanes of at least 4 members (excludes halogenated alkanes) is 1. The fraction of sp³-hybridized carbons (Fsp3) is 0.636. The minimum absolute atomic E-state index is 0.299. The third kappa shape index (κ3) is 3.94. The van der Waals surface area contributed by atoms with Gasteiger partial charge in [-0.2, -0.15) is 0 Å². The van der Waals surface area contributed by atoms with Gasteiger partial charge in [0, 0.05) is 13.7 Å². The van der Waals surface area contributed by atoms with Crippen LogP contribution in [0.2, 0.25) is 0 Å². The standard InChI is InChI=1S/C11H19NO2/c1-10(11-6-5-9-14-11)12-7-3-4-8-13-2/h5-6,9-10,12H,3-4,7-8H2,1-2H3/t10-/m1/s1. The highest BCUT2D eigenvalue weighted by Gasteiger charge is 2.05. The number of methoxy groups -OCH3 is 1. The molecule has 80 valence electrons. The van der Waals surface area contributed by atoms with E-state index in [1.54, 1.807) is 13.4 Å². The van der Waals surface area contributed by atoms with Gasteiger partial charge in [0.25, 0.3) is 0 Å². The molecule has 0 spiro atoms. The van der Waals surface area contributed by atoms with Crippen molar-refractivity contribution in [1.82, 2.24) is 5.32 Å². The summed E-state index contributed by atoms with van der Waals surface area (Å²) >= 11 is 0. The van der Waals surface area contributed by atoms with Gasteiger partial charge in [0.2, 0.25) is 0 Å². The van der Waals surface area contributed by atoms with E-state index in [1.165, 1.54) is 0 Å². The lowest BCUT2D eigenvalue weighted by Crippen LogP contribution is -2.19. The fourth-order valence-corrected chi connectivity index (χ4v) is 1.33. The summed E-state index contributed by atoms with van der Waals surface area (Å²) in [5.74, 6) is 0.997. The summed E-state index contributed by atoms with van der Waals surface area (Å²) in [7, 11) is 1.74. The first kappa shape index (κ1) is 11.3. The van der Waals surface area contributed by atoms with Crippen LogP contribution in [0.3, 0.4) is 0 Å². The maximum absolute atomic E-state index is 5.29. The van der Waals surface area contributed by atoms with Gasteiger partial charge >= 0.3 is 0 Å². The van der Waals surface area contributed by atoms with Crippen molar-refractivity contribution in [3.8, 4) is 0 Å². The predicted molar refractivity (Wildman–Crippen MR) is 56.2 cm³/mol. The van der Waals surface area contributed by atoms with Gasteiger partial charge < -0.3 is 14.5 Å². The minimum Gasteiger partial charge on any atom is -0.468 e. The van der Waals surface area contributed by atoms with Crippen LogP contribution in [0.15, 0.2) is 22.8 Å². The summed E-state index contributed by atoms with van der Waals surface area (Å²) < 4.78 is 10.3. The molecule has 0 aliphatic heterocycles. The van der Waals surface area contributed by atoms with Crippen LogP contribution in [0.25, 0.3) is 0 Å². The third-order valence-corrected chi connectivity index (χ3v) is 2.20. The molecule has 0 saturated carbocycles. The second-order valence-electron chi connectivity index (χ2n) is 3.39. The molecule has 0 fully saturated rings. The Bertz CT molecular complexity index is 221. The SMILES string of the molecule is COCCCCN[C@H](C)c1ccco1. The molecule has 0 aliphatic rings. The molecule has 0 amide bonds. The molecule has 0 saturated heterocycles. The number of hydrogen-bond acceptors (Lipinski definition) is 3. The van der Waals surface area contributed by atoms with E-state index >= 15 is 0 Å². The molecule has 1 N–H and O–H groups in total. The van der Waals surface area contributed by atoms with Crippen molar-refractivity contribution in [2.24, 2.45) is 0 Å². The zero-order chi connectivity index (χ0) is 10.2. The first-order valence-electron chi connectivity index (χ1n) is 5.10. The Morgan fingerprint density at radius 1 is 1.50 bits per heavy atom. The number of rotatable bonds is 7. The molecule has 0 aliphatic carbocycles. The van der Waals surface area contributed by atoms with Crippen LogP contribution in [0.5, 0.6) is 0 Å². The zero-order valence-electron chi connectivity index (χ0n) is 8.95. The van der Waals surface area contributed by atoms with E-state index in [0.29, 0.717) is 6.04 Å². The molecule has 0 unspecified atom stereocenters. The summed E-state index contributed by atoms with van der Waals surface area (Å²) in [6, 6.07) is 4.21. The number of furan rings is 1. The molecule has 3 nitrogen and oxygen atoms in total. The Kier molecular flexibility index (Phi) is 5.33. The molecule has 0 radical (unpaired) electrons. The van der Waals surface area contributed by atoms with Gasteiger partial charge in [0.05, 0.1) is 12.3 Å². The van der Waals surface area contributed by atoms with E-state index in [-0.39, 0.29) is 0 Å². The Morgan fingerprint density at radius 2 is 2.36 bits per heavy atom. The highest BCUT2D eigenvalue weighted by molar-refractivity contribution is 5.02. The van der Waals surface area contributed by atoms with Crippen molar-refractivity contribution in [2.75, 3.05) is 20.3 Å². The van der Waals surface area contributed by atoms with E-state index in [1.807, 2.05) is 12.1 Å². The second-order valence-corrected chi connectivity index (χ2v) is 3.39. The van der Waals surface area contributed by atoms with Crippen LogP contribution >= 0.6 is 0 Å². The lowest BCUT2D eigenvalue weighted by atomic mass is 10.2. The van der Waals surface area contributed by atoms with Crippen LogP contribution in [-0.4, -0.2) is 20.3 Å². The molecule has 14 heavy (non-hydrogen) atoms. The van der Waals surface area contributed by atoms with E-state index in [2.05, 4.69) is 12.2 Å². The molecular formula is C11H19NO2. The van der Waals surface area contributed by atoms with Gasteiger partial charge in [0.1, 0.15) is 5.76 Å². The van der Waals surface area contributed by atoms with Gasteiger partial charge in [-0.05, 0) is 38.4 Å². The molecule has 1 heterocycles. The zero-order valence-corrected chi connectivity index (χ0v) is 8.95.